The summed E-state index contributed by atoms with van der Waals surface area (Å²) in [5.74, 6) is 0.490. The van der Waals surface area contributed by atoms with Crippen molar-refractivity contribution in [3.8, 4) is 17.2 Å². The summed E-state index contributed by atoms with van der Waals surface area (Å²) in [6.45, 7) is 4.68. The van der Waals surface area contributed by atoms with Gasteiger partial charge in [-0.25, -0.2) is 4.79 Å². The van der Waals surface area contributed by atoms with Gasteiger partial charge in [-0.3, -0.25) is 0 Å². The SMILES string of the molecule is COc1ccc(CNCc2c(C(=O)O)c(C)n(-c3ccc(Cl)cc3)c2C)c(OC)c1. The number of ether oxygens (including phenoxy) is 2. The van der Waals surface area contributed by atoms with E-state index in [1.54, 1.807) is 26.4 Å². The lowest BCUT2D eigenvalue weighted by Gasteiger charge is -2.12. The Balaban J connectivity index is 1.88. The van der Waals surface area contributed by atoms with Gasteiger partial charge in [0.1, 0.15) is 11.5 Å². The van der Waals surface area contributed by atoms with Crippen LogP contribution in [0.15, 0.2) is 42.5 Å². The van der Waals surface area contributed by atoms with Crippen LogP contribution in [0.2, 0.25) is 5.02 Å². The maximum Gasteiger partial charge on any atom is 0.337 e. The number of methoxy groups -OCH3 is 2. The first-order chi connectivity index (χ1) is 14.4. The van der Waals surface area contributed by atoms with E-state index in [1.165, 1.54) is 0 Å². The monoisotopic (exact) mass is 428 g/mol. The zero-order valence-corrected chi connectivity index (χ0v) is 18.2. The van der Waals surface area contributed by atoms with Gasteiger partial charge in [-0.15, -0.1) is 0 Å². The van der Waals surface area contributed by atoms with E-state index in [0.29, 0.717) is 35.1 Å². The van der Waals surface area contributed by atoms with Crippen molar-refractivity contribution in [3.63, 3.8) is 0 Å². The summed E-state index contributed by atoms with van der Waals surface area (Å²) in [7, 11) is 3.22. The topological polar surface area (TPSA) is 72.7 Å². The van der Waals surface area contributed by atoms with E-state index in [-0.39, 0.29) is 0 Å². The molecule has 0 atom stereocenters. The molecule has 3 aromatic rings. The summed E-state index contributed by atoms with van der Waals surface area (Å²) < 4.78 is 12.6. The van der Waals surface area contributed by atoms with E-state index in [1.807, 2.05) is 48.7 Å². The quantitative estimate of drug-likeness (QED) is 0.541. The molecule has 0 saturated heterocycles. The highest BCUT2D eigenvalue weighted by atomic mass is 35.5. The molecule has 1 aromatic heterocycles. The lowest BCUT2D eigenvalue weighted by molar-refractivity contribution is 0.0695. The van der Waals surface area contributed by atoms with Crippen LogP contribution in [0, 0.1) is 13.8 Å². The number of carboxylic acids is 1. The highest BCUT2D eigenvalue weighted by Crippen LogP contribution is 2.28. The molecule has 3 rings (SSSR count). The van der Waals surface area contributed by atoms with Crippen LogP contribution in [-0.2, 0) is 13.1 Å². The third-order valence-electron chi connectivity index (χ3n) is 5.18. The molecule has 0 radical (unpaired) electrons. The van der Waals surface area contributed by atoms with Gasteiger partial charge in [-0.1, -0.05) is 17.7 Å². The molecule has 6 nitrogen and oxygen atoms in total. The Morgan fingerprint density at radius 1 is 1.03 bits per heavy atom. The third kappa shape index (κ3) is 4.30. The fourth-order valence-corrected chi connectivity index (χ4v) is 3.82. The predicted octanol–water partition coefficient (Wildman–Crippen LogP) is 4.75. The zero-order chi connectivity index (χ0) is 21.8. The van der Waals surface area contributed by atoms with Crippen molar-refractivity contribution in [2.45, 2.75) is 26.9 Å². The molecule has 0 spiro atoms. The number of halogens is 1. The normalized spacial score (nSPS) is 10.8. The molecular formula is C23H25ClN2O4. The molecule has 7 heteroatoms. The van der Waals surface area contributed by atoms with Crippen LogP contribution >= 0.6 is 11.6 Å². The molecule has 0 aliphatic heterocycles. The van der Waals surface area contributed by atoms with Crippen molar-refractivity contribution in [2.75, 3.05) is 14.2 Å². The number of carbonyl (C=O) groups is 1. The van der Waals surface area contributed by atoms with Gasteiger partial charge in [0.15, 0.2) is 0 Å². The van der Waals surface area contributed by atoms with Crippen LogP contribution in [0.4, 0.5) is 0 Å². The molecule has 0 saturated carbocycles. The van der Waals surface area contributed by atoms with Crippen LogP contribution in [0.3, 0.4) is 0 Å². The van der Waals surface area contributed by atoms with Gasteiger partial charge in [-0.05, 0) is 44.2 Å². The van der Waals surface area contributed by atoms with Crippen molar-refractivity contribution in [1.82, 2.24) is 9.88 Å². The average molecular weight is 429 g/mol. The summed E-state index contributed by atoms with van der Waals surface area (Å²) in [6, 6.07) is 13.0. The average Bonchev–Trinajstić information content (AvgIpc) is 2.98. The maximum absolute atomic E-state index is 12.0. The zero-order valence-electron chi connectivity index (χ0n) is 17.5. The number of carboxylic acid groups (broad SMARTS) is 1. The minimum absolute atomic E-state index is 0.316. The van der Waals surface area contributed by atoms with E-state index in [4.69, 9.17) is 21.1 Å². The van der Waals surface area contributed by atoms with E-state index >= 15 is 0 Å². The molecule has 0 aliphatic rings. The summed E-state index contributed by atoms with van der Waals surface area (Å²) >= 11 is 6.00. The second-order valence-electron chi connectivity index (χ2n) is 6.92. The van der Waals surface area contributed by atoms with Crippen molar-refractivity contribution in [2.24, 2.45) is 0 Å². The van der Waals surface area contributed by atoms with Gasteiger partial charge in [0.2, 0.25) is 0 Å². The number of hydrogen-bond donors (Lipinski definition) is 2. The first-order valence-corrected chi connectivity index (χ1v) is 9.86. The van der Waals surface area contributed by atoms with Crippen molar-refractivity contribution in [1.29, 1.82) is 0 Å². The Morgan fingerprint density at radius 3 is 2.33 bits per heavy atom. The summed E-state index contributed by atoms with van der Waals surface area (Å²) in [5, 5.41) is 13.8. The second-order valence-corrected chi connectivity index (χ2v) is 7.36. The number of aromatic carboxylic acids is 1. The first kappa shape index (κ1) is 21.7. The number of nitrogens with one attached hydrogen (secondary N) is 1. The van der Waals surface area contributed by atoms with Gasteiger partial charge in [0.25, 0.3) is 0 Å². The molecule has 0 aliphatic carbocycles. The van der Waals surface area contributed by atoms with E-state index < -0.39 is 5.97 Å². The number of aromatic nitrogens is 1. The largest absolute Gasteiger partial charge is 0.497 e. The molecule has 0 bridgehead atoms. The molecule has 0 amide bonds. The number of rotatable bonds is 8. The fourth-order valence-electron chi connectivity index (χ4n) is 3.70. The third-order valence-corrected chi connectivity index (χ3v) is 5.43. The standard InChI is InChI=1S/C23H25ClN2O4/c1-14-20(13-25-12-16-5-10-19(29-3)11-21(16)30-4)22(23(27)28)15(2)26(14)18-8-6-17(24)7-9-18/h5-11,25H,12-13H2,1-4H3,(H,27,28). The Bertz CT molecular complexity index is 1060. The molecule has 30 heavy (non-hydrogen) atoms. The highest BCUT2D eigenvalue weighted by Gasteiger charge is 2.23. The van der Waals surface area contributed by atoms with Gasteiger partial charge in [0, 0.05) is 52.4 Å². The molecule has 158 valence electrons. The Labute approximate surface area is 181 Å². The Kier molecular flexibility index (Phi) is 6.70. The van der Waals surface area contributed by atoms with Gasteiger partial charge >= 0.3 is 5.97 Å². The van der Waals surface area contributed by atoms with Crippen molar-refractivity contribution in [3.05, 3.63) is 75.6 Å². The smallest absolute Gasteiger partial charge is 0.337 e. The fraction of sp³-hybridized carbons (Fsp3) is 0.261. The number of nitrogens with zero attached hydrogens (tertiary/aromatic N) is 1. The molecular weight excluding hydrogens is 404 g/mol. The van der Waals surface area contributed by atoms with Crippen molar-refractivity contribution < 1.29 is 19.4 Å². The van der Waals surface area contributed by atoms with Crippen LogP contribution in [0.1, 0.15) is 32.9 Å². The lowest BCUT2D eigenvalue weighted by atomic mass is 10.1. The molecule has 0 fully saturated rings. The Morgan fingerprint density at radius 2 is 1.73 bits per heavy atom. The van der Waals surface area contributed by atoms with Gasteiger partial charge in [0.05, 0.1) is 19.8 Å². The summed E-state index contributed by atoms with van der Waals surface area (Å²) in [6.07, 6.45) is 0. The summed E-state index contributed by atoms with van der Waals surface area (Å²) in [4.78, 5) is 12.0. The molecule has 0 unspecified atom stereocenters. The summed E-state index contributed by atoms with van der Waals surface area (Å²) in [5.41, 5.74) is 4.46. The van der Waals surface area contributed by atoms with Crippen LogP contribution in [0.5, 0.6) is 11.5 Å². The molecule has 1 heterocycles. The Hall–Kier alpha value is -2.96. The molecule has 2 aromatic carbocycles. The van der Waals surface area contributed by atoms with Crippen LogP contribution in [0.25, 0.3) is 5.69 Å². The van der Waals surface area contributed by atoms with E-state index in [2.05, 4.69) is 5.32 Å². The highest BCUT2D eigenvalue weighted by molar-refractivity contribution is 6.30. The van der Waals surface area contributed by atoms with Crippen LogP contribution in [-0.4, -0.2) is 29.9 Å². The predicted molar refractivity (Wildman–Crippen MR) is 117 cm³/mol. The lowest BCUT2D eigenvalue weighted by Crippen LogP contribution is -2.16. The number of hydrogen-bond acceptors (Lipinski definition) is 4. The molecule has 2 N–H and O–H groups in total. The van der Waals surface area contributed by atoms with E-state index in [0.717, 1.165) is 28.3 Å². The number of benzene rings is 2. The second kappa shape index (κ2) is 9.24. The first-order valence-electron chi connectivity index (χ1n) is 9.49. The minimum Gasteiger partial charge on any atom is -0.497 e. The maximum atomic E-state index is 12.0. The van der Waals surface area contributed by atoms with Gasteiger partial charge < -0.3 is 24.5 Å². The van der Waals surface area contributed by atoms with Crippen LogP contribution < -0.4 is 14.8 Å². The van der Waals surface area contributed by atoms with E-state index in [9.17, 15) is 9.90 Å². The minimum atomic E-state index is -0.942. The van der Waals surface area contributed by atoms with Gasteiger partial charge in [-0.2, -0.15) is 0 Å². The van der Waals surface area contributed by atoms with Crippen molar-refractivity contribution >= 4 is 17.6 Å².